The zero-order chi connectivity index (χ0) is 29.7. The minimum atomic E-state index is 0.516. The lowest BCUT2D eigenvalue weighted by molar-refractivity contribution is 0.669. The SMILES string of the molecule is c1ccc(-c2ccc3nc(-c4nc(-c5cccc6ccccc56)nc(-c5cccc6oc7ccccc7c56)n4)ccc3c2)cc1. The quantitative estimate of drug-likeness (QED) is 0.209. The van der Waals surface area contributed by atoms with Crippen molar-refractivity contribution in [3.8, 4) is 45.4 Å². The largest absolute Gasteiger partial charge is 0.456 e. The first-order valence-electron chi connectivity index (χ1n) is 14.9. The smallest absolute Gasteiger partial charge is 0.182 e. The fourth-order valence-corrected chi connectivity index (χ4v) is 6.17. The van der Waals surface area contributed by atoms with E-state index in [1.807, 2.05) is 60.7 Å². The molecule has 0 N–H and O–H groups in total. The summed E-state index contributed by atoms with van der Waals surface area (Å²) in [5, 5.41) is 5.26. The third kappa shape index (κ3) is 4.33. The molecule has 0 saturated heterocycles. The van der Waals surface area contributed by atoms with Gasteiger partial charge in [-0.05, 0) is 52.2 Å². The Labute approximate surface area is 258 Å². The first-order chi connectivity index (χ1) is 22.3. The molecule has 5 heteroatoms. The van der Waals surface area contributed by atoms with Gasteiger partial charge in [0.05, 0.1) is 5.52 Å². The molecule has 6 aromatic carbocycles. The predicted octanol–water partition coefficient (Wildman–Crippen LogP) is 10.1. The van der Waals surface area contributed by atoms with Crippen molar-refractivity contribution in [1.29, 1.82) is 0 Å². The second-order valence-electron chi connectivity index (χ2n) is 11.1. The third-order valence-electron chi connectivity index (χ3n) is 8.33. The normalized spacial score (nSPS) is 11.6. The van der Waals surface area contributed by atoms with Crippen molar-refractivity contribution in [2.75, 3.05) is 0 Å². The van der Waals surface area contributed by atoms with E-state index < -0.39 is 0 Å². The number of rotatable bonds is 4. The molecule has 210 valence electrons. The van der Waals surface area contributed by atoms with Gasteiger partial charge in [0.1, 0.15) is 16.9 Å². The molecule has 5 nitrogen and oxygen atoms in total. The summed E-state index contributed by atoms with van der Waals surface area (Å²) >= 11 is 0. The molecule has 0 radical (unpaired) electrons. The van der Waals surface area contributed by atoms with E-state index in [0.29, 0.717) is 23.2 Å². The molecule has 9 aromatic rings. The van der Waals surface area contributed by atoms with Crippen LogP contribution in [0.2, 0.25) is 0 Å². The standard InChI is InChI=1S/C40H24N4O/c1-2-10-25(11-3-1)27-20-22-33-28(24-27)21-23-34(41-33)40-43-38(30-16-8-13-26-12-4-5-14-29(26)30)42-39(44-40)32-17-9-19-36-37(32)31-15-6-7-18-35(31)45-36/h1-24H. The van der Waals surface area contributed by atoms with Crippen LogP contribution in [0.4, 0.5) is 0 Å². The van der Waals surface area contributed by atoms with E-state index in [1.54, 1.807) is 0 Å². The van der Waals surface area contributed by atoms with Crippen LogP contribution in [-0.2, 0) is 0 Å². The van der Waals surface area contributed by atoms with Crippen LogP contribution in [-0.4, -0.2) is 19.9 Å². The monoisotopic (exact) mass is 576 g/mol. The van der Waals surface area contributed by atoms with Gasteiger partial charge < -0.3 is 4.42 Å². The molecule has 0 amide bonds. The first-order valence-corrected chi connectivity index (χ1v) is 14.9. The molecule has 0 spiro atoms. The fraction of sp³-hybridized carbons (Fsp3) is 0. The number of aromatic nitrogens is 4. The molecule has 3 heterocycles. The highest BCUT2D eigenvalue weighted by Crippen LogP contribution is 2.37. The minimum absolute atomic E-state index is 0.516. The maximum atomic E-state index is 6.21. The van der Waals surface area contributed by atoms with Crippen molar-refractivity contribution in [2.24, 2.45) is 0 Å². The van der Waals surface area contributed by atoms with Gasteiger partial charge in [-0.3, -0.25) is 0 Å². The van der Waals surface area contributed by atoms with Gasteiger partial charge in [-0.25, -0.2) is 19.9 Å². The Kier molecular flexibility index (Phi) is 5.74. The maximum absolute atomic E-state index is 6.21. The highest BCUT2D eigenvalue weighted by Gasteiger charge is 2.19. The summed E-state index contributed by atoms with van der Waals surface area (Å²) in [6, 6.07) is 49.4. The van der Waals surface area contributed by atoms with Gasteiger partial charge in [0.15, 0.2) is 17.5 Å². The Morgan fingerprint density at radius 2 is 1.09 bits per heavy atom. The molecule has 0 fully saturated rings. The highest BCUT2D eigenvalue weighted by molar-refractivity contribution is 6.11. The fourth-order valence-electron chi connectivity index (χ4n) is 6.17. The molecular weight excluding hydrogens is 552 g/mol. The zero-order valence-corrected chi connectivity index (χ0v) is 24.1. The number of nitrogens with zero attached hydrogens (tertiary/aromatic N) is 4. The van der Waals surface area contributed by atoms with Gasteiger partial charge in [0.2, 0.25) is 0 Å². The van der Waals surface area contributed by atoms with Crippen molar-refractivity contribution in [3.63, 3.8) is 0 Å². The van der Waals surface area contributed by atoms with Crippen molar-refractivity contribution >= 4 is 43.6 Å². The molecule has 9 rings (SSSR count). The van der Waals surface area contributed by atoms with E-state index in [1.165, 1.54) is 5.56 Å². The van der Waals surface area contributed by atoms with E-state index in [2.05, 4.69) is 84.9 Å². The van der Waals surface area contributed by atoms with Gasteiger partial charge >= 0.3 is 0 Å². The lowest BCUT2D eigenvalue weighted by Gasteiger charge is -2.11. The Hall–Kier alpha value is -6.20. The Balaban J connectivity index is 1.27. The molecular formula is C40H24N4O. The average Bonchev–Trinajstić information content (AvgIpc) is 3.50. The van der Waals surface area contributed by atoms with Crippen molar-refractivity contribution in [3.05, 3.63) is 146 Å². The molecule has 0 aliphatic rings. The van der Waals surface area contributed by atoms with E-state index in [0.717, 1.165) is 60.3 Å². The lowest BCUT2D eigenvalue weighted by Crippen LogP contribution is -2.02. The van der Waals surface area contributed by atoms with Crippen molar-refractivity contribution in [1.82, 2.24) is 19.9 Å². The predicted molar refractivity (Wildman–Crippen MR) is 182 cm³/mol. The molecule has 0 unspecified atom stereocenters. The van der Waals surface area contributed by atoms with Crippen LogP contribution in [0.3, 0.4) is 0 Å². The molecule has 0 aliphatic heterocycles. The van der Waals surface area contributed by atoms with Crippen LogP contribution in [0.25, 0.3) is 89.0 Å². The number of para-hydroxylation sites is 1. The van der Waals surface area contributed by atoms with Crippen LogP contribution in [0.15, 0.2) is 150 Å². The first kappa shape index (κ1) is 25.3. The van der Waals surface area contributed by atoms with E-state index in [9.17, 15) is 0 Å². The summed E-state index contributed by atoms with van der Waals surface area (Å²) in [7, 11) is 0. The van der Waals surface area contributed by atoms with Gasteiger partial charge in [-0.1, -0.05) is 115 Å². The third-order valence-corrected chi connectivity index (χ3v) is 8.33. The Morgan fingerprint density at radius 1 is 0.400 bits per heavy atom. The molecule has 0 atom stereocenters. The van der Waals surface area contributed by atoms with Crippen LogP contribution in [0, 0.1) is 0 Å². The van der Waals surface area contributed by atoms with Gasteiger partial charge in [0, 0.05) is 27.3 Å². The van der Waals surface area contributed by atoms with Crippen LogP contribution in [0.5, 0.6) is 0 Å². The molecule has 0 aliphatic carbocycles. The highest BCUT2D eigenvalue weighted by atomic mass is 16.3. The zero-order valence-electron chi connectivity index (χ0n) is 24.1. The second kappa shape index (κ2) is 10.2. The number of furan rings is 1. The van der Waals surface area contributed by atoms with E-state index in [-0.39, 0.29) is 0 Å². The Bertz CT molecular complexity index is 2550. The summed E-state index contributed by atoms with van der Waals surface area (Å²) in [6.07, 6.45) is 0. The summed E-state index contributed by atoms with van der Waals surface area (Å²) in [5.41, 5.74) is 7.33. The second-order valence-corrected chi connectivity index (χ2v) is 11.1. The number of benzene rings is 6. The lowest BCUT2D eigenvalue weighted by atomic mass is 10.0. The topological polar surface area (TPSA) is 64.7 Å². The summed E-state index contributed by atoms with van der Waals surface area (Å²) in [6.45, 7) is 0. The molecule has 0 saturated carbocycles. The number of hydrogen-bond donors (Lipinski definition) is 0. The molecule has 45 heavy (non-hydrogen) atoms. The van der Waals surface area contributed by atoms with Crippen molar-refractivity contribution in [2.45, 2.75) is 0 Å². The molecule has 0 bridgehead atoms. The van der Waals surface area contributed by atoms with Crippen LogP contribution < -0.4 is 0 Å². The van der Waals surface area contributed by atoms with Gasteiger partial charge in [0.25, 0.3) is 0 Å². The van der Waals surface area contributed by atoms with Crippen LogP contribution in [0.1, 0.15) is 0 Å². The van der Waals surface area contributed by atoms with Gasteiger partial charge in [-0.15, -0.1) is 0 Å². The van der Waals surface area contributed by atoms with Gasteiger partial charge in [-0.2, -0.15) is 0 Å². The van der Waals surface area contributed by atoms with E-state index >= 15 is 0 Å². The number of hydrogen-bond acceptors (Lipinski definition) is 5. The van der Waals surface area contributed by atoms with Crippen molar-refractivity contribution < 1.29 is 4.42 Å². The summed E-state index contributed by atoms with van der Waals surface area (Å²) in [5.74, 6) is 1.68. The summed E-state index contributed by atoms with van der Waals surface area (Å²) < 4.78 is 6.21. The maximum Gasteiger partial charge on any atom is 0.182 e. The number of pyridine rings is 1. The summed E-state index contributed by atoms with van der Waals surface area (Å²) in [4.78, 5) is 20.2. The minimum Gasteiger partial charge on any atom is -0.456 e. The Morgan fingerprint density at radius 3 is 2.00 bits per heavy atom. The van der Waals surface area contributed by atoms with E-state index in [4.69, 9.17) is 24.4 Å². The van der Waals surface area contributed by atoms with Crippen LogP contribution >= 0.6 is 0 Å². The molecule has 3 aromatic heterocycles. The number of fused-ring (bicyclic) bond motifs is 5. The average molecular weight is 577 g/mol.